The molecule has 0 aliphatic carbocycles. The molecular weight excluding hydrogens is 207 g/mol. The molecule has 0 aliphatic rings. The van der Waals surface area contributed by atoms with Gasteiger partial charge in [-0.3, -0.25) is 9.05 Å². The lowest BCUT2D eigenvalue weighted by molar-refractivity contribution is 0.161. The van der Waals surface area contributed by atoms with Crippen molar-refractivity contribution in [1.29, 1.82) is 0 Å². The third-order valence-corrected chi connectivity index (χ3v) is 1.75. The van der Waals surface area contributed by atoms with Crippen molar-refractivity contribution in [2.75, 3.05) is 13.2 Å². The predicted molar refractivity (Wildman–Crippen MR) is 53.8 cm³/mol. The van der Waals surface area contributed by atoms with Gasteiger partial charge in [0.25, 0.3) is 0 Å². The van der Waals surface area contributed by atoms with E-state index < -0.39 is 7.82 Å². The number of phosphoric acid groups is 1. The van der Waals surface area contributed by atoms with Crippen LogP contribution in [0.4, 0.5) is 0 Å². The normalized spacial score (nSPS) is 9.73. The molecule has 0 aliphatic heterocycles. The van der Waals surface area contributed by atoms with Gasteiger partial charge in [0.05, 0.1) is 13.2 Å². The molecule has 0 aromatic heterocycles. The molecule has 0 unspecified atom stereocenters. The van der Waals surface area contributed by atoms with Crippen LogP contribution in [0.15, 0.2) is 0 Å². The summed E-state index contributed by atoms with van der Waals surface area (Å²) in [6, 6.07) is 0. The molecule has 0 bridgehead atoms. The Labute approximate surface area is 80.8 Å². The number of hydrogen-bond acceptors (Lipinski definition) is 3. The van der Waals surface area contributed by atoms with Crippen LogP contribution < -0.4 is 0 Å². The summed E-state index contributed by atoms with van der Waals surface area (Å²) in [5, 5.41) is 0. The molecule has 0 amide bonds. The molecule has 4 nitrogen and oxygen atoms in total. The van der Waals surface area contributed by atoms with Crippen molar-refractivity contribution in [3.05, 3.63) is 0 Å². The molecule has 0 saturated carbocycles. The van der Waals surface area contributed by atoms with Crippen molar-refractivity contribution in [1.82, 2.24) is 0 Å². The van der Waals surface area contributed by atoms with Crippen LogP contribution in [0.25, 0.3) is 0 Å². The highest BCUT2D eigenvalue weighted by molar-refractivity contribution is 7.59. The molecule has 0 aromatic rings. The minimum Gasteiger partial charge on any atom is -0.302 e. The van der Waals surface area contributed by atoms with Crippen LogP contribution in [0.3, 0.4) is 0 Å². The zero-order valence-electron chi connectivity index (χ0n) is 6.53. The van der Waals surface area contributed by atoms with Crippen molar-refractivity contribution in [2.24, 2.45) is 0 Å². The molecule has 0 atom stereocenters. The Kier molecular flexibility index (Phi) is 14.4. The first kappa shape index (κ1) is 17.8. The summed E-state index contributed by atoms with van der Waals surface area (Å²) >= 11 is 0. The van der Waals surface area contributed by atoms with Crippen LogP contribution in [0.2, 0.25) is 0 Å². The number of rotatable bonds is 4. The van der Waals surface area contributed by atoms with E-state index in [2.05, 4.69) is 9.05 Å². The fourth-order valence-corrected chi connectivity index (χ4v) is 1.09. The highest BCUT2D eigenvalue weighted by Crippen LogP contribution is 2.42. The van der Waals surface area contributed by atoms with Gasteiger partial charge in [-0.15, -0.1) is 0 Å². The lowest BCUT2D eigenvalue weighted by Crippen LogP contribution is -1.93. The van der Waals surface area contributed by atoms with Crippen molar-refractivity contribution >= 4 is 34.8 Å². The first-order valence-corrected chi connectivity index (χ1v) is 4.23. The highest BCUT2D eigenvalue weighted by Gasteiger charge is 2.17. The van der Waals surface area contributed by atoms with Crippen molar-refractivity contribution in [3.8, 4) is 0 Å². The van der Waals surface area contributed by atoms with E-state index in [1.807, 2.05) is 0 Å². The third-order valence-electron chi connectivity index (χ3n) is 0.584. The monoisotopic (exact) mass is 222 g/mol. The van der Waals surface area contributed by atoms with E-state index in [0.29, 0.717) is 0 Å². The second kappa shape index (κ2) is 8.90. The summed E-state index contributed by atoms with van der Waals surface area (Å²) in [4.78, 5) is 8.63. The maximum Gasteiger partial charge on any atom is 0.472 e. The maximum atomic E-state index is 10.5. The highest BCUT2D eigenvalue weighted by atomic mass is 32.1. The first-order valence-electron chi connectivity index (χ1n) is 2.74. The Morgan fingerprint density at radius 2 is 1.45 bits per heavy atom. The third kappa shape index (κ3) is 10.8. The van der Waals surface area contributed by atoms with Gasteiger partial charge in [-0.25, -0.2) is 4.57 Å². The number of phosphoric ester groups is 1. The molecule has 0 spiro atoms. The second-order valence-corrected chi connectivity index (χ2v) is 2.76. The van der Waals surface area contributed by atoms with E-state index >= 15 is 0 Å². The van der Waals surface area contributed by atoms with E-state index in [1.54, 1.807) is 13.8 Å². The maximum absolute atomic E-state index is 10.5. The molecule has 0 radical (unpaired) electrons. The minimum atomic E-state index is -3.69. The van der Waals surface area contributed by atoms with Crippen molar-refractivity contribution in [2.45, 2.75) is 13.8 Å². The standard InChI is InChI=1S/C4H11O4P.2H2S/c1-3-7-9(5,6)8-4-2;;/h3-4H2,1-2H3,(H,5,6);2*1H2. The lowest BCUT2D eigenvalue weighted by atomic mass is 10.9. The number of hydrogen-bond donors (Lipinski definition) is 1. The van der Waals surface area contributed by atoms with E-state index in [0.717, 1.165) is 0 Å². The van der Waals surface area contributed by atoms with Gasteiger partial charge < -0.3 is 4.89 Å². The van der Waals surface area contributed by atoms with Crippen LogP contribution in [-0.2, 0) is 13.6 Å². The molecule has 11 heavy (non-hydrogen) atoms. The molecule has 1 N–H and O–H groups in total. The summed E-state index contributed by atoms with van der Waals surface area (Å²) < 4.78 is 19.2. The fourth-order valence-electron chi connectivity index (χ4n) is 0.364. The van der Waals surface area contributed by atoms with E-state index in [-0.39, 0.29) is 40.2 Å². The largest absolute Gasteiger partial charge is 0.472 e. The van der Waals surface area contributed by atoms with Gasteiger partial charge in [0.1, 0.15) is 0 Å². The molecule has 0 rings (SSSR count). The molecule has 0 saturated heterocycles. The molecule has 0 fully saturated rings. The van der Waals surface area contributed by atoms with Crippen LogP contribution in [0.1, 0.15) is 13.8 Å². The quantitative estimate of drug-likeness (QED) is 0.730. The SMILES string of the molecule is CCOP(=O)(O)OCC.S.S. The molecular formula is C4H15O4PS2. The van der Waals surface area contributed by atoms with Crippen molar-refractivity contribution < 1.29 is 18.5 Å². The zero-order valence-corrected chi connectivity index (χ0v) is 9.43. The summed E-state index contributed by atoms with van der Waals surface area (Å²) in [7, 11) is -3.69. The van der Waals surface area contributed by atoms with Gasteiger partial charge >= 0.3 is 7.82 Å². The van der Waals surface area contributed by atoms with Gasteiger partial charge in [0.15, 0.2) is 0 Å². The topological polar surface area (TPSA) is 55.8 Å². The van der Waals surface area contributed by atoms with E-state index in [4.69, 9.17) is 4.89 Å². The minimum absolute atomic E-state index is 0. The molecule has 0 aromatic carbocycles. The summed E-state index contributed by atoms with van der Waals surface area (Å²) in [5.74, 6) is 0. The fraction of sp³-hybridized carbons (Fsp3) is 1.00. The molecule has 72 valence electrons. The molecule has 0 heterocycles. The Bertz CT molecular complexity index is 111. The van der Waals surface area contributed by atoms with Crippen LogP contribution >= 0.6 is 34.8 Å². The van der Waals surface area contributed by atoms with Gasteiger partial charge in [-0.05, 0) is 13.8 Å². The van der Waals surface area contributed by atoms with Gasteiger partial charge in [0.2, 0.25) is 0 Å². The summed E-state index contributed by atoms with van der Waals surface area (Å²) in [6.45, 7) is 3.63. The van der Waals surface area contributed by atoms with E-state index in [1.165, 1.54) is 0 Å². The Balaban J connectivity index is -0.000000320. The predicted octanol–water partition coefficient (Wildman–Crippen LogP) is 1.39. The van der Waals surface area contributed by atoms with Gasteiger partial charge in [-0.2, -0.15) is 27.0 Å². The van der Waals surface area contributed by atoms with Gasteiger partial charge in [0, 0.05) is 0 Å². The second-order valence-electron chi connectivity index (χ2n) is 1.30. The summed E-state index contributed by atoms with van der Waals surface area (Å²) in [6.07, 6.45) is 0. The Hall–Kier alpha value is 0.810. The lowest BCUT2D eigenvalue weighted by Gasteiger charge is -2.07. The summed E-state index contributed by atoms with van der Waals surface area (Å²) in [5.41, 5.74) is 0. The van der Waals surface area contributed by atoms with Crippen molar-refractivity contribution in [3.63, 3.8) is 0 Å². The zero-order chi connectivity index (χ0) is 7.33. The Morgan fingerprint density at radius 1 is 1.18 bits per heavy atom. The average molecular weight is 222 g/mol. The Morgan fingerprint density at radius 3 is 1.64 bits per heavy atom. The van der Waals surface area contributed by atoms with Crippen LogP contribution in [0.5, 0.6) is 0 Å². The van der Waals surface area contributed by atoms with Crippen LogP contribution in [0, 0.1) is 0 Å². The van der Waals surface area contributed by atoms with Gasteiger partial charge in [-0.1, -0.05) is 0 Å². The molecule has 7 heteroatoms. The van der Waals surface area contributed by atoms with E-state index in [9.17, 15) is 4.57 Å². The average Bonchev–Trinajstić information content (AvgIpc) is 1.64. The smallest absolute Gasteiger partial charge is 0.302 e. The van der Waals surface area contributed by atoms with Crippen LogP contribution in [-0.4, -0.2) is 18.1 Å². The first-order chi connectivity index (χ1) is 4.12.